The van der Waals surface area contributed by atoms with E-state index in [0.29, 0.717) is 33.1 Å². The molecule has 29 heavy (non-hydrogen) atoms. The Labute approximate surface area is 171 Å². The molecule has 7 nitrogen and oxygen atoms in total. The average molecular weight is 428 g/mol. The Morgan fingerprint density at radius 1 is 1.03 bits per heavy atom. The predicted octanol–water partition coefficient (Wildman–Crippen LogP) is 4.38. The van der Waals surface area contributed by atoms with Crippen molar-refractivity contribution in [3.05, 3.63) is 77.3 Å². The SMILES string of the molecule is O=C(O)c1cccc2[nH]c(-c3cccc(S(=O)(=O)Nc4ccc(Cl)cc4)c3)nc12. The molecule has 146 valence electrons. The maximum Gasteiger partial charge on any atom is 0.337 e. The van der Waals surface area contributed by atoms with Crippen LogP contribution in [0.3, 0.4) is 0 Å². The smallest absolute Gasteiger partial charge is 0.337 e. The van der Waals surface area contributed by atoms with Crippen molar-refractivity contribution in [2.45, 2.75) is 4.90 Å². The van der Waals surface area contributed by atoms with Gasteiger partial charge in [0, 0.05) is 16.3 Å². The van der Waals surface area contributed by atoms with Gasteiger partial charge < -0.3 is 10.1 Å². The van der Waals surface area contributed by atoms with E-state index in [0.717, 1.165) is 0 Å². The number of hydrogen-bond acceptors (Lipinski definition) is 4. The van der Waals surface area contributed by atoms with Gasteiger partial charge in [0.05, 0.1) is 16.0 Å². The molecule has 0 bridgehead atoms. The standard InChI is InChI=1S/C20H14ClN3O4S/c21-13-7-9-14(10-8-13)24-29(27,28)15-4-1-3-12(11-15)19-22-17-6-2-5-16(20(25)26)18(17)23-19/h1-11,24H,(H,22,23)(H,25,26). The lowest BCUT2D eigenvalue weighted by Gasteiger charge is -2.09. The van der Waals surface area contributed by atoms with Crippen LogP contribution in [0.1, 0.15) is 10.4 Å². The number of carbonyl (C=O) groups is 1. The van der Waals surface area contributed by atoms with Gasteiger partial charge in [0.1, 0.15) is 11.3 Å². The molecule has 4 rings (SSSR count). The molecular weight excluding hydrogens is 414 g/mol. The number of nitrogens with one attached hydrogen (secondary N) is 2. The Morgan fingerprint density at radius 3 is 2.48 bits per heavy atom. The van der Waals surface area contributed by atoms with Crippen LogP contribution in [0.2, 0.25) is 5.02 Å². The number of imidazole rings is 1. The highest BCUT2D eigenvalue weighted by atomic mass is 35.5. The number of hydrogen-bond donors (Lipinski definition) is 3. The second kappa shape index (κ2) is 7.23. The van der Waals surface area contributed by atoms with Gasteiger partial charge in [-0.05, 0) is 48.5 Å². The summed E-state index contributed by atoms with van der Waals surface area (Å²) in [5.74, 6) is -0.714. The van der Waals surface area contributed by atoms with E-state index in [1.165, 1.54) is 18.2 Å². The van der Waals surface area contributed by atoms with Gasteiger partial charge in [-0.15, -0.1) is 0 Å². The van der Waals surface area contributed by atoms with Gasteiger partial charge in [-0.1, -0.05) is 29.8 Å². The van der Waals surface area contributed by atoms with Crippen LogP contribution in [-0.4, -0.2) is 29.5 Å². The second-order valence-corrected chi connectivity index (χ2v) is 8.35. The third-order valence-corrected chi connectivity index (χ3v) is 5.89. The Morgan fingerprint density at radius 2 is 1.76 bits per heavy atom. The minimum absolute atomic E-state index is 0.0452. The zero-order chi connectivity index (χ0) is 20.6. The molecule has 4 aromatic rings. The summed E-state index contributed by atoms with van der Waals surface area (Å²) in [5.41, 5.74) is 1.82. The van der Waals surface area contributed by atoms with Crippen molar-refractivity contribution < 1.29 is 18.3 Å². The Kier molecular flexibility index (Phi) is 4.73. The summed E-state index contributed by atoms with van der Waals surface area (Å²) in [4.78, 5) is 18.8. The summed E-state index contributed by atoms with van der Waals surface area (Å²) in [6, 6.07) is 17.3. The van der Waals surface area contributed by atoms with E-state index in [1.54, 1.807) is 48.5 Å². The fraction of sp³-hybridized carbons (Fsp3) is 0. The number of H-pyrrole nitrogens is 1. The maximum atomic E-state index is 12.7. The van der Waals surface area contributed by atoms with Crippen LogP contribution < -0.4 is 4.72 Å². The molecule has 3 N–H and O–H groups in total. The first-order valence-corrected chi connectivity index (χ1v) is 10.3. The van der Waals surface area contributed by atoms with Crippen molar-refractivity contribution in [2.75, 3.05) is 4.72 Å². The number of rotatable bonds is 5. The highest BCUT2D eigenvalue weighted by Crippen LogP contribution is 2.26. The second-order valence-electron chi connectivity index (χ2n) is 6.23. The molecule has 0 saturated heterocycles. The van der Waals surface area contributed by atoms with Gasteiger partial charge >= 0.3 is 5.97 Å². The summed E-state index contributed by atoms with van der Waals surface area (Å²) in [6.45, 7) is 0. The average Bonchev–Trinajstić information content (AvgIpc) is 3.14. The number of aromatic nitrogens is 2. The van der Waals surface area contributed by atoms with Crippen LogP contribution in [0.4, 0.5) is 5.69 Å². The van der Waals surface area contributed by atoms with Gasteiger partial charge in [-0.3, -0.25) is 4.72 Å². The lowest BCUT2D eigenvalue weighted by molar-refractivity contribution is 0.0699. The van der Waals surface area contributed by atoms with Crippen molar-refractivity contribution in [2.24, 2.45) is 0 Å². The van der Waals surface area contributed by atoms with Gasteiger partial charge in [0.2, 0.25) is 0 Å². The van der Waals surface area contributed by atoms with Crippen molar-refractivity contribution in [1.29, 1.82) is 0 Å². The molecule has 0 unspecified atom stereocenters. The quantitative estimate of drug-likeness (QED) is 0.437. The lowest BCUT2D eigenvalue weighted by Crippen LogP contribution is -2.12. The van der Waals surface area contributed by atoms with Crippen molar-refractivity contribution in [1.82, 2.24) is 9.97 Å². The van der Waals surface area contributed by atoms with Crippen molar-refractivity contribution >= 4 is 44.3 Å². The number of aromatic carboxylic acids is 1. The Bertz CT molecular complexity index is 1330. The van der Waals surface area contributed by atoms with E-state index >= 15 is 0 Å². The molecular formula is C20H14ClN3O4S. The zero-order valence-electron chi connectivity index (χ0n) is 14.8. The number of benzene rings is 3. The molecule has 3 aromatic carbocycles. The lowest BCUT2D eigenvalue weighted by atomic mass is 10.2. The number of aromatic amines is 1. The monoisotopic (exact) mass is 427 g/mol. The molecule has 0 amide bonds. The van der Waals surface area contributed by atoms with Crippen LogP contribution in [-0.2, 0) is 10.0 Å². The first kappa shape index (κ1) is 19.0. The van der Waals surface area contributed by atoms with Crippen molar-refractivity contribution in [3.63, 3.8) is 0 Å². The third-order valence-electron chi connectivity index (χ3n) is 4.26. The van der Waals surface area contributed by atoms with Gasteiger partial charge in [0.15, 0.2) is 0 Å². The molecule has 0 saturated carbocycles. The van der Waals surface area contributed by atoms with Crippen LogP contribution in [0.25, 0.3) is 22.4 Å². The number of carboxylic acids is 1. The molecule has 0 fully saturated rings. The molecule has 0 aliphatic heterocycles. The number of para-hydroxylation sites is 1. The normalized spacial score (nSPS) is 11.5. The summed E-state index contributed by atoms with van der Waals surface area (Å²) in [5, 5.41) is 9.82. The molecule has 0 aliphatic carbocycles. The summed E-state index contributed by atoms with van der Waals surface area (Å²) in [7, 11) is -3.84. The largest absolute Gasteiger partial charge is 0.478 e. The van der Waals surface area contributed by atoms with E-state index in [2.05, 4.69) is 14.7 Å². The molecule has 1 aromatic heterocycles. The molecule has 1 heterocycles. The first-order valence-electron chi connectivity index (χ1n) is 8.44. The molecule has 0 radical (unpaired) electrons. The minimum Gasteiger partial charge on any atom is -0.478 e. The highest BCUT2D eigenvalue weighted by Gasteiger charge is 2.17. The van der Waals surface area contributed by atoms with Crippen LogP contribution >= 0.6 is 11.6 Å². The summed E-state index contributed by atoms with van der Waals surface area (Å²) in [6.07, 6.45) is 0. The number of halogens is 1. The van der Waals surface area contributed by atoms with Crippen LogP contribution in [0.15, 0.2) is 71.6 Å². The number of anilines is 1. The predicted molar refractivity (Wildman–Crippen MR) is 111 cm³/mol. The number of carboxylic acid groups (broad SMARTS) is 1. The molecule has 0 spiro atoms. The summed E-state index contributed by atoms with van der Waals surface area (Å²) < 4.78 is 28.0. The third kappa shape index (κ3) is 3.80. The molecule has 9 heteroatoms. The van der Waals surface area contributed by atoms with Gasteiger partial charge in [-0.25, -0.2) is 18.2 Å². The van der Waals surface area contributed by atoms with E-state index in [1.807, 2.05) is 0 Å². The van der Waals surface area contributed by atoms with E-state index in [9.17, 15) is 18.3 Å². The van der Waals surface area contributed by atoms with E-state index in [4.69, 9.17) is 11.6 Å². The van der Waals surface area contributed by atoms with Gasteiger partial charge in [-0.2, -0.15) is 0 Å². The maximum absolute atomic E-state index is 12.7. The highest BCUT2D eigenvalue weighted by molar-refractivity contribution is 7.92. The fourth-order valence-corrected chi connectivity index (χ4v) is 4.11. The van der Waals surface area contributed by atoms with Crippen molar-refractivity contribution in [3.8, 4) is 11.4 Å². The number of sulfonamides is 1. The van der Waals surface area contributed by atoms with E-state index < -0.39 is 16.0 Å². The molecule has 0 atom stereocenters. The number of fused-ring (bicyclic) bond motifs is 1. The summed E-state index contributed by atoms with van der Waals surface area (Å²) >= 11 is 5.83. The Hall–Kier alpha value is -3.36. The zero-order valence-corrected chi connectivity index (χ0v) is 16.3. The topological polar surface area (TPSA) is 112 Å². The minimum atomic E-state index is -3.84. The first-order chi connectivity index (χ1) is 13.8. The number of nitrogens with zero attached hydrogens (tertiary/aromatic N) is 1. The van der Waals surface area contributed by atoms with Crippen LogP contribution in [0.5, 0.6) is 0 Å². The van der Waals surface area contributed by atoms with Gasteiger partial charge in [0.25, 0.3) is 10.0 Å². The molecule has 0 aliphatic rings. The van der Waals surface area contributed by atoms with E-state index in [-0.39, 0.29) is 10.5 Å². The fourth-order valence-electron chi connectivity index (χ4n) is 2.88. The van der Waals surface area contributed by atoms with Crippen LogP contribution in [0, 0.1) is 0 Å². The Balaban J connectivity index is 1.72.